The Bertz CT molecular complexity index is 595. The minimum Gasteiger partial charge on any atom is -0.326 e. The van der Waals surface area contributed by atoms with Crippen LogP contribution in [-0.4, -0.2) is 15.0 Å². The van der Waals surface area contributed by atoms with Crippen LogP contribution in [-0.2, 0) is 16.6 Å². The summed E-state index contributed by atoms with van der Waals surface area (Å²) in [5, 5.41) is 0. The van der Waals surface area contributed by atoms with Crippen molar-refractivity contribution in [3.8, 4) is 0 Å². The molecule has 1 fully saturated rings. The smallest absolute Gasteiger partial charge is 0.240 e. The zero-order valence-electron chi connectivity index (χ0n) is 11.2. The Morgan fingerprint density at radius 3 is 2.58 bits per heavy atom. The van der Waals surface area contributed by atoms with Crippen molar-refractivity contribution in [2.75, 3.05) is 6.54 Å². The van der Waals surface area contributed by atoms with Gasteiger partial charge in [-0.1, -0.05) is 6.92 Å². The fourth-order valence-electron chi connectivity index (χ4n) is 1.84. The summed E-state index contributed by atoms with van der Waals surface area (Å²) < 4.78 is 40.7. The van der Waals surface area contributed by atoms with E-state index >= 15 is 0 Å². The molecule has 4 nitrogen and oxygen atoms in total. The SMILES string of the molecule is Cc1c(F)cc(CN)cc1S(=O)(=O)NCC1(C)CC1. The molecule has 19 heavy (non-hydrogen) atoms. The van der Waals surface area contributed by atoms with Crippen molar-refractivity contribution in [3.05, 3.63) is 29.1 Å². The lowest BCUT2D eigenvalue weighted by Crippen LogP contribution is -2.30. The first-order valence-electron chi connectivity index (χ1n) is 6.26. The summed E-state index contributed by atoms with van der Waals surface area (Å²) in [6.45, 7) is 3.99. The summed E-state index contributed by atoms with van der Waals surface area (Å²) in [5.41, 5.74) is 6.12. The van der Waals surface area contributed by atoms with Crippen LogP contribution in [0.5, 0.6) is 0 Å². The number of rotatable bonds is 5. The van der Waals surface area contributed by atoms with Crippen molar-refractivity contribution < 1.29 is 12.8 Å². The average molecular weight is 286 g/mol. The molecule has 0 spiro atoms. The third-order valence-electron chi connectivity index (χ3n) is 3.67. The molecule has 1 aliphatic carbocycles. The lowest BCUT2D eigenvalue weighted by Gasteiger charge is -2.14. The quantitative estimate of drug-likeness (QED) is 0.865. The van der Waals surface area contributed by atoms with Gasteiger partial charge in [0.2, 0.25) is 10.0 Å². The van der Waals surface area contributed by atoms with E-state index in [0.717, 1.165) is 12.8 Å². The van der Waals surface area contributed by atoms with Gasteiger partial charge in [-0.25, -0.2) is 17.5 Å². The van der Waals surface area contributed by atoms with E-state index in [2.05, 4.69) is 4.72 Å². The van der Waals surface area contributed by atoms with Crippen LogP contribution in [0.4, 0.5) is 4.39 Å². The van der Waals surface area contributed by atoms with Crippen LogP contribution < -0.4 is 10.5 Å². The normalized spacial score (nSPS) is 17.5. The van der Waals surface area contributed by atoms with Crippen LogP contribution in [0.1, 0.15) is 30.9 Å². The van der Waals surface area contributed by atoms with E-state index in [4.69, 9.17) is 5.73 Å². The largest absolute Gasteiger partial charge is 0.326 e. The van der Waals surface area contributed by atoms with E-state index in [1.54, 1.807) is 0 Å². The number of halogens is 1. The Balaban J connectivity index is 2.30. The molecule has 1 aromatic rings. The van der Waals surface area contributed by atoms with Crippen LogP contribution in [0.15, 0.2) is 17.0 Å². The molecule has 0 radical (unpaired) electrons. The van der Waals surface area contributed by atoms with Crippen LogP contribution in [0.25, 0.3) is 0 Å². The molecule has 0 heterocycles. The molecule has 1 saturated carbocycles. The Morgan fingerprint density at radius 1 is 1.42 bits per heavy atom. The molecule has 0 aliphatic heterocycles. The Labute approximate surface area is 113 Å². The molecule has 1 aromatic carbocycles. The molecule has 106 valence electrons. The van der Waals surface area contributed by atoms with Crippen LogP contribution >= 0.6 is 0 Å². The number of nitrogens with one attached hydrogen (secondary N) is 1. The summed E-state index contributed by atoms with van der Waals surface area (Å²) in [5.74, 6) is -0.541. The lowest BCUT2D eigenvalue weighted by molar-refractivity contribution is 0.528. The third kappa shape index (κ3) is 3.13. The van der Waals surface area contributed by atoms with Gasteiger partial charge in [-0.15, -0.1) is 0 Å². The number of nitrogens with two attached hydrogens (primary N) is 1. The van der Waals surface area contributed by atoms with Crippen molar-refractivity contribution in [2.45, 2.75) is 38.1 Å². The first-order valence-corrected chi connectivity index (χ1v) is 7.74. The fraction of sp³-hybridized carbons (Fsp3) is 0.538. The Hall–Kier alpha value is -0.980. The molecular formula is C13H19FN2O2S. The van der Waals surface area contributed by atoms with E-state index in [9.17, 15) is 12.8 Å². The number of sulfonamides is 1. The maximum atomic E-state index is 13.7. The highest BCUT2D eigenvalue weighted by Gasteiger charge is 2.38. The van der Waals surface area contributed by atoms with Gasteiger partial charge in [0.25, 0.3) is 0 Å². The monoisotopic (exact) mass is 286 g/mol. The summed E-state index contributed by atoms with van der Waals surface area (Å²) in [7, 11) is -3.68. The summed E-state index contributed by atoms with van der Waals surface area (Å²) in [6.07, 6.45) is 2.04. The van der Waals surface area contributed by atoms with Gasteiger partial charge < -0.3 is 5.73 Å². The maximum absolute atomic E-state index is 13.7. The number of hydrogen-bond donors (Lipinski definition) is 2. The van der Waals surface area contributed by atoms with E-state index in [-0.39, 0.29) is 22.4 Å². The van der Waals surface area contributed by atoms with Gasteiger partial charge in [-0.05, 0) is 42.9 Å². The van der Waals surface area contributed by atoms with Crippen molar-refractivity contribution in [2.24, 2.45) is 11.1 Å². The standard InChI is InChI=1S/C13H19FN2O2S/c1-9-11(14)5-10(7-15)6-12(9)19(17,18)16-8-13(2)3-4-13/h5-6,16H,3-4,7-8,15H2,1-2H3. The van der Waals surface area contributed by atoms with Gasteiger partial charge in [-0.3, -0.25) is 0 Å². The molecule has 0 unspecified atom stereocenters. The fourth-order valence-corrected chi connectivity index (χ4v) is 3.34. The van der Waals surface area contributed by atoms with Crippen molar-refractivity contribution in [3.63, 3.8) is 0 Å². The predicted molar refractivity (Wildman–Crippen MR) is 71.6 cm³/mol. The van der Waals surface area contributed by atoms with Gasteiger partial charge in [0.15, 0.2) is 0 Å². The highest BCUT2D eigenvalue weighted by molar-refractivity contribution is 7.89. The maximum Gasteiger partial charge on any atom is 0.240 e. The first kappa shape index (κ1) is 14.4. The zero-order chi connectivity index (χ0) is 14.3. The minimum atomic E-state index is -3.68. The second-order valence-corrected chi connectivity index (χ2v) is 7.28. The van der Waals surface area contributed by atoms with Crippen LogP contribution in [0, 0.1) is 18.2 Å². The second-order valence-electron chi connectivity index (χ2n) is 5.54. The van der Waals surface area contributed by atoms with E-state index < -0.39 is 15.8 Å². The van der Waals surface area contributed by atoms with E-state index in [0.29, 0.717) is 12.1 Å². The molecular weight excluding hydrogens is 267 g/mol. The molecule has 1 aliphatic rings. The highest BCUT2D eigenvalue weighted by Crippen LogP contribution is 2.44. The number of hydrogen-bond acceptors (Lipinski definition) is 3. The minimum absolute atomic E-state index is 0.0165. The predicted octanol–water partition coefficient (Wildman–Crippen LogP) is 1.67. The molecule has 0 amide bonds. The van der Waals surface area contributed by atoms with Gasteiger partial charge in [0.1, 0.15) is 5.82 Å². The summed E-state index contributed by atoms with van der Waals surface area (Å²) >= 11 is 0. The molecule has 3 N–H and O–H groups in total. The second kappa shape index (κ2) is 4.85. The van der Waals surface area contributed by atoms with Crippen LogP contribution in [0.2, 0.25) is 0 Å². The van der Waals surface area contributed by atoms with Gasteiger partial charge in [0, 0.05) is 18.7 Å². The van der Waals surface area contributed by atoms with Gasteiger partial charge in [0.05, 0.1) is 4.90 Å². The zero-order valence-corrected chi connectivity index (χ0v) is 12.0. The molecule has 2 rings (SSSR count). The van der Waals surface area contributed by atoms with Crippen molar-refractivity contribution >= 4 is 10.0 Å². The Kier molecular flexibility index (Phi) is 3.68. The highest BCUT2D eigenvalue weighted by atomic mass is 32.2. The topological polar surface area (TPSA) is 72.2 Å². The lowest BCUT2D eigenvalue weighted by atomic mass is 10.1. The molecule has 0 atom stereocenters. The summed E-state index contributed by atoms with van der Waals surface area (Å²) in [4.78, 5) is -0.0165. The molecule has 0 aromatic heterocycles. The average Bonchev–Trinajstić information content (AvgIpc) is 3.09. The van der Waals surface area contributed by atoms with Gasteiger partial charge >= 0.3 is 0 Å². The molecule has 0 saturated heterocycles. The van der Waals surface area contributed by atoms with E-state index in [1.807, 2.05) is 6.92 Å². The van der Waals surface area contributed by atoms with E-state index in [1.165, 1.54) is 19.1 Å². The number of benzene rings is 1. The Morgan fingerprint density at radius 2 is 2.05 bits per heavy atom. The molecule has 0 bridgehead atoms. The summed E-state index contributed by atoms with van der Waals surface area (Å²) in [6, 6.07) is 2.71. The first-order chi connectivity index (χ1) is 8.77. The van der Waals surface area contributed by atoms with Crippen LogP contribution in [0.3, 0.4) is 0 Å². The van der Waals surface area contributed by atoms with Crippen molar-refractivity contribution in [1.82, 2.24) is 4.72 Å². The molecule has 6 heteroatoms. The van der Waals surface area contributed by atoms with Crippen molar-refractivity contribution in [1.29, 1.82) is 0 Å². The third-order valence-corrected chi connectivity index (χ3v) is 5.20. The van der Waals surface area contributed by atoms with Gasteiger partial charge in [-0.2, -0.15) is 0 Å².